The quantitative estimate of drug-likeness (QED) is 0.787. The summed E-state index contributed by atoms with van der Waals surface area (Å²) < 4.78 is 16.1. The van der Waals surface area contributed by atoms with E-state index in [1.807, 2.05) is 12.1 Å². The van der Waals surface area contributed by atoms with Crippen LogP contribution >= 0.6 is 0 Å². The minimum absolute atomic E-state index is 0.240. The van der Waals surface area contributed by atoms with Gasteiger partial charge in [-0.15, -0.1) is 0 Å². The molecule has 0 aliphatic carbocycles. The van der Waals surface area contributed by atoms with E-state index in [0.29, 0.717) is 17.5 Å². The molecular formula is C14H21NO4. The van der Waals surface area contributed by atoms with Gasteiger partial charge in [0.1, 0.15) is 0 Å². The Labute approximate surface area is 113 Å². The molecule has 1 aliphatic rings. The Kier molecular flexibility index (Phi) is 4.87. The molecule has 1 aliphatic heterocycles. The number of aliphatic hydroxyl groups excluding tert-OH is 1. The van der Waals surface area contributed by atoms with Gasteiger partial charge < -0.3 is 24.6 Å². The molecule has 2 rings (SSSR count). The first-order chi connectivity index (χ1) is 9.24. The minimum atomic E-state index is 0.240. The SMILES string of the molecule is COc1cc(CNC(C)CCCO)cc2c1OCO2. The van der Waals surface area contributed by atoms with Crippen molar-refractivity contribution in [1.29, 1.82) is 0 Å². The van der Waals surface area contributed by atoms with Gasteiger partial charge in [-0.1, -0.05) is 0 Å². The molecule has 5 nitrogen and oxygen atoms in total. The van der Waals surface area contributed by atoms with Gasteiger partial charge >= 0.3 is 0 Å². The van der Waals surface area contributed by atoms with Gasteiger partial charge in [-0.05, 0) is 37.5 Å². The van der Waals surface area contributed by atoms with Crippen molar-refractivity contribution in [2.45, 2.75) is 32.4 Å². The number of hydrogen-bond acceptors (Lipinski definition) is 5. The average Bonchev–Trinajstić information content (AvgIpc) is 2.90. The summed E-state index contributed by atoms with van der Waals surface area (Å²) in [4.78, 5) is 0. The molecule has 1 atom stereocenters. The molecule has 1 aromatic rings. The molecule has 0 bridgehead atoms. The van der Waals surface area contributed by atoms with E-state index in [1.54, 1.807) is 7.11 Å². The Morgan fingerprint density at radius 3 is 3.00 bits per heavy atom. The van der Waals surface area contributed by atoms with Crippen LogP contribution in [0.2, 0.25) is 0 Å². The summed E-state index contributed by atoms with van der Waals surface area (Å²) in [7, 11) is 1.62. The predicted molar refractivity (Wildman–Crippen MR) is 71.7 cm³/mol. The maximum absolute atomic E-state index is 8.80. The normalized spacial score (nSPS) is 14.5. The van der Waals surface area contributed by atoms with Crippen LogP contribution in [0.5, 0.6) is 17.2 Å². The monoisotopic (exact) mass is 267 g/mol. The van der Waals surface area contributed by atoms with Gasteiger partial charge in [0, 0.05) is 19.2 Å². The Bertz CT molecular complexity index is 422. The summed E-state index contributed by atoms with van der Waals surface area (Å²) in [6.45, 7) is 3.33. The number of benzene rings is 1. The fraction of sp³-hybridized carbons (Fsp3) is 0.571. The zero-order valence-corrected chi connectivity index (χ0v) is 11.4. The van der Waals surface area contributed by atoms with E-state index < -0.39 is 0 Å². The summed E-state index contributed by atoms with van der Waals surface area (Å²) in [5, 5.41) is 12.2. The fourth-order valence-corrected chi connectivity index (χ4v) is 2.08. The molecule has 0 spiro atoms. The number of rotatable bonds is 7. The number of fused-ring (bicyclic) bond motifs is 1. The lowest BCUT2D eigenvalue weighted by molar-refractivity contribution is 0.171. The Morgan fingerprint density at radius 1 is 1.42 bits per heavy atom. The second-order valence-electron chi connectivity index (χ2n) is 4.68. The van der Waals surface area contributed by atoms with Crippen molar-refractivity contribution in [3.05, 3.63) is 17.7 Å². The number of hydrogen-bond donors (Lipinski definition) is 2. The lowest BCUT2D eigenvalue weighted by Gasteiger charge is -2.14. The maximum Gasteiger partial charge on any atom is 0.231 e. The Hall–Kier alpha value is -1.46. The van der Waals surface area contributed by atoms with Crippen molar-refractivity contribution < 1.29 is 19.3 Å². The standard InChI is InChI=1S/C14H21NO4/c1-10(4-3-5-16)15-8-11-6-12(17-2)14-13(7-11)18-9-19-14/h6-7,10,15-16H,3-5,8-9H2,1-2H3. The number of nitrogens with one attached hydrogen (secondary N) is 1. The van der Waals surface area contributed by atoms with Crippen molar-refractivity contribution in [2.24, 2.45) is 0 Å². The first-order valence-electron chi connectivity index (χ1n) is 6.55. The fourth-order valence-electron chi connectivity index (χ4n) is 2.08. The molecule has 0 radical (unpaired) electrons. The van der Waals surface area contributed by atoms with E-state index in [4.69, 9.17) is 19.3 Å². The largest absolute Gasteiger partial charge is 0.493 e. The highest BCUT2D eigenvalue weighted by molar-refractivity contribution is 5.55. The first kappa shape index (κ1) is 14.0. The van der Waals surface area contributed by atoms with Gasteiger partial charge in [-0.25, -0.2) is 0 Å². The van der Waals surface area contributed by atoms with E-state index in [2.05, 4.69) is 12.2 Å². The van der Waals surface area contributed by atoms with E-state index in [-0.39, 0.29) is 13.4 Å². The topological polar surface area (TPSA) is 60.0 Å². The van der Waals surface area contributed by atoms with Gasteiger partial charge in [0.05, 0.1) is 7.11 Å². The zero-order chi connectivity index (χ0) is 13.7. The third-order valence-electron chi connectivity index (χ3n) is 3.17. The lowest BCUT2D eigenvalue weighted by atomic mass is 10.1. The van der Waals surface area contributed by atoms with Crippen molar-refractivity contribution in [2.75, 3.05) is 20.5 Å². The van der Waals surface area contributed by atoms with Crippen LogP contribution < -0.4 is 19.5 Å². The highest BCUT2D eigenvalue weighted by atomic mass is 16.7. The summed E-state index contributed by atoms with van der Waals surface area (Å²) in [5.41, 5.74) is 1.09. The molecule has 1 unspecified atom stereocenters. The lowest BCUT2D eigenvalue weighted by Crippen LogP contribution is -2.25. The second kappa shape index (κ2) is 6.63. The predicted octanol–water partition coefficient (Wildman–Crippen LogP) is 1.67. The van der Waals surface area contributed by atoms with Crippen LogP contribution in [0.25, 0.3) is 0 Å². The molecule has 19 heavy (non-hydrogen) atoms. The third kappa shape index (κ3) is 3.52. The van der Waals surface area contributed by atoms with Crippen molar-refractivity contribution in [3.63, 3.8) is 0 Å². The van der Waals surface area contributed by atoms with Crippen LogP contribution in [-0.2, 0) is 6.54 Å². The number of methoxy groups -OCH3 is 1. The van der Waals surface area contributed by atoms with Crippen molar-refractivity contribution >= 4 is 0 Å². The highest BCUT2D eigenvalue weighted by Gasteiger charge is 2.20. The molecular weight excluding hydrogens is 246 g/mol. The summed E-state index contributed by atoms with van der Waals surface area (Å²) >= 11 is 0. The molecule has 0 aromatic heterocycles. The van der Waals surface area contributed by atoms with Gasteiger partial charge in [0.2, 0.25) is 12.5 Å². The van der Waals surface area contributed by atoms with Crippen LogP contribution in [0.1, 0.15) is 25.3 Å². The summed E-state index contributed by atoms with van der Waals surface area (Å²) in [6.07, 6.45) is 1.77. The van der Waals surface area contributed by atoms with E-state index in [1.165, 1.54) is 0 Å². The van der Waals surface area contributed by atoms with E-state index in [9.17, 15) is 0 Å². The number of aliphatic hydroxyl groups is 1. The van der Waals surface area contributed by atoms with Crippen molar-refractivity contribution in [1.82, 2.24) is 5.32 Å². The van der Waals surface area contributed by atoms with Crippen LogP contribution in [0.3, 0.4) is 0 Å². The van der Waals surface area contributed by atoms with Crippen LogP contribution in [0.4, 0.5) is 0 Å². The van der Waals surface area contributed by atoms with Crippen LogP contribution in [-0.4, -0.2) is 31.7 Å². The van der Waals surface area contributed by atoms with Gasteiger partial charge in [0.15, 0.2) is 11.5 Å². The van der Waals surface area contributed by atoms with Gasteiger partial charge in [0.25, 0.3) is 0 Å². The van der Waals surface area contributed by atoms with Crippen LogP contribution in [0.15, 0.2) is 12.1 Å². The Morgan fingerprint density at radius 2 is 2.26 bits per heavy atom. The number of ether oxygens (including phenoxy) is 3. The molecule has 0 amide bonds. The van der Waals surface area contributed by atoms with Crippen molar-refractivity contribution in [3.8, 4) is 17.2 Å². The van der Waals surface area contributed by atoms with Gasteiger partial charge in [-0.2, -0.15) is 0 Å². The summed E-state index contributed by atoms with van der Waals surface area (Å²) in [6, 6.07) is 4.29. The first-order valence-corrected chi connectivity index (χ1v) is 6.55. The van der Waals surface area contributed by atoms with Crippen LogP contribution in [0, 0.1) is 0 Å². The molecule has 0 saturated heterocycles. The molecule has 0 saturated carbocycles. The minimum Gasteiger partial charge on any atom is -0.493 e. The van der Waals surface area contributed by atoms with Gasteiger partial charge in [-0.3, -0.25) is 0 Å². The van der Waals surface area contributed by atoms with E-state index in [0.717, 1.165) is 30.7 Å². The smallest absolute Gasteiger partial charge is 0.231 e. The average molecular weight is 267 g/mol. The van der Waals surface area contributed by atoms with E-state index >= 15 is 0 Å². The second-order valence-corrected chi connectivity index (χ2v) is 4.68. The zero-order valence-electron chi connectivity index (χ0n) is 11.4. The molecule has 2 N–H and O–H groups in total. The molecule has 106 valence electrons. The molecule has 1 aromatic carbocycles. The Balaban J connectivity index is 1.97. The molecule has 5 heteroatoms. The molecule has 0 fully saturated rings. The maximum atomic E-state index is 8.80. The highest BCUT2D eigenvalue weighted by Crippen LogP contribution is 2.41. The molecule has 1 heterocycles. The summed E-state index contributed by atoms with van der Waals surface area (Å²) in [5.74, 6) is 2.12. The third-order valence-corrected chi connectivity index (χ3v) is 3.17.